The molecular weight excluding hydrogens is 264 g/mol. The minimum absolute atomic E-state index is 0.282. The van der Waals surface area contributed by atoms with E-state index in [1.807, 2.05) is 0 Å². The molecule has 1 fully saturated rings. The number of alkyl halides is 2. The molecule has 106 valence electrons. The van der Waals surface area contributed by atoms with E-state index in [4.69, 9.17) is 0 Å². The monoisotopic (exact) mass is 278 g/mol. The summed E-state index contributed by atoms with van der Waals surface area (Å²) in [6.07, 6.45) is -2.92. The third-order valence-corrected chi connectivity index (χ3v) is 3.19. The molecule has 1 aliphatic rings. The van der Waals surface area contributed by atoms with E-state index in [1.54, 1.807) is 0 Å². The van der Waals surface area contributed by atoms with Crippen LogP contribution in [0.4, 0.5) is 17.6 Å². The molecule has 0 bridgehead atoms. The second-order valence-electron chi connectivity index (χ2n) is 4.36. The number of nitrogens with one attached hydrogen (secondary N) is 1. The van der Waals surface area contributed by atoms with E-state index >= 15 is 0 Å². The van der Waals surface area contributed by atoms with Crippen molar-refractivity contribution < 1.29 is 22.7 Å². The van der Waals surface area contributed by atoms with Gasteiger partial charge in [0.2, 0.25) is 0 Å². The fourth-order valence-corrected chi connectivity index (χ4v) is 2.27. The Morgan fingerprint density at radius 2 is 1.68 bits per heavy atom. The van der Waals surface area contributed by atoms with Crippen molar-refractivity contribution in [1.82, 2.24) is 10.2 Å². The highest BCUT2D eigenvalue weighted by Gasteiger charge is 2.35. The maximum atomic E-state index is 13.7. The van der Waals surface area contributed by atoms with E-state index in [1.165, 1.54) is 4.90 Å². The van der Waals surface area contributed by atoms with Gasteiger partial charge in [-0.3, -0.25) is 4.90 Å². The zero-order valence-electron chi connectivity index (χ0n) is 10.0. The van der Waals surface area contributed by atoms with E-state index in [-0.39, 0.29) is 13.1 Å². The second-order valence-corrected chi connectivity index (χ2v) is 4.36. The lowest BCUT2D eigenvalue weighted by Gasteiger charge is -2.35. The van der Waals surface area contributed by atoms with Crippen LogP contribution in [0.15, 0.2) is 12.1 Å². The molecule has 0 unspecified atom stereocenters. The average Bonchev–Trinajstić information content (AvgIpc) is 2.39. The number of phenols is 1. The quantitative estimate of drug-likeness (QED) is 0.829. The van der Waals surface area contributed by atoms with Gasteiger partial charge in [0.15, 0.2) is 11.6 Å². The number of hydrogen-bond acceptors (Lipinski definition) is 3. The summed E-state index contributed by atoms with van der Waals surface area (Å²) >= 11 is 0. The lowest BCUT2D eigenvalue weighted by Crippen LogP contribution is -2.47. The van der Waals surface area contributed by atoms with Crippen LogP contribution in [-0.4, -0.2) is 42.6 Å². The number of hydrogen-bond donors (Lipinski definition) is 2. The smallest absolute Gasteiger partial charge is 0.258 e. The number of aromatic hydroxyl groups is 1. The molecule has 1 saturated heterocycles. The van der Waals surface area contributed by atoms with Crippen LogP contribution in [0.1, 0.15) is 11.6 Å². The Bertz CT molecular complexity index is 450. The molecule has 3 nitrogen and oxygen atoms in total. The first-order valence-electron chi connectivity index (χ1n) is 5.92. The molecule has 0 saturated carbocycles. The topological polar surface area (TPSA) is 35.5 Å². The Hall–Kier alpha value is -1.34. The van der Waals surface area contributed by atoms with E-state index < -0.39 is 35.4 Å². The van der Waals surface area contributed by atoms with Gasteiger partial charge in [-0.2, -0.15) is 0 Å². The zero-order chi connectivity index (χ0) is 14.0. The molecule has 0 aliphatic carbocycles. The normalized spacial score (nSPS) is 18.8. The molecule has 1 heterocycles. The predicted octanol–water partition coefficient (Wildman–Crippen LogP) is 1.88. The molecule has 0 aromatic heterocycles. The lowest BCUT2D eigenvalue weighted by atomic mass is 10.0. The summed E-state index contributed by atoms with van der Waals surface area (Å²) in [6, 6.07) is -0.172. The minimum Gasteiger partial charge on any atom is -0.505 e. The first kappa shape index (κ1) is 14.1. The molecule has 7 heteroatoms. The summed E-state index contributed by atoms with van der Waals surface area (Å²) in [4.78, 5) is 1.35. The molecule has 0 spiro atoms. The number of phenolic OH excluding ortho intramolecular Hbond substituents is 1. The summed E-state index contributed by atoms with van der Waals surface area (Å²) in [5.74, 6) is -3.16. The first-order valence-corrected chi connectivity index (χ1v) is 5.92. The van der Waals surface area contributed by atoms with Crippen LogP contribution in [0.5, 0.6) is 5.75 Å². The van der Waals surface area contributed by atoms with Crippen LogP contribution in [0.3, 0.4) is 0 Å². The Morgan fingerprint density at radius 3 is 2.26 bits per heavy atom. The van der Waals surface area contributed by atoms with Crippen molar-refractivity contribution in [3.63, 3.8) is 0 Å². The van der Waals surface area contributed by atoms with Crippen LogP contribution in [-0.2, 0) is 0 Å². The van der Waals surface area contributed by atoms with Crippen LogP contribution < -0.4 is 5.32 Å². The van der Waals surface area contributed by atoms with Gasteiger partial charge in [-0.1, -0.05) is 0 Å². The van der Waals surface area contributed by atoms with Crippen molar-refractivity contribution >= 4 is 0 Å². The lowest BCUT2D eigenvalue weighted by molar-refractivity contribution is 0.0149. The van der Waals surface area contributed by atoms with Gasteiger partial charge in [0, 0.05) is 26.2 Å². The van der Waals surface area contributed by atoms with Crippen molar-refractivity contribution in [1.29, 1.82) is 0 Å². The maximum absolute atomic E-state index is 13.7. The Morgan fingerprint density at radius 1 is 1.11 bits per heavy atom. The van der Waals surface area contributed by atoms with Gasteiger partial charge in [-0.05, 0) is 12.1 Å². The van der Waals surface area contributed by atoms with Crippen molar-refractivity contribution in [3.05, 3.63) is 29.3 Å². The molecule has 1 aromatic rings. The number of nitrogens with zero attached hydrogens (tertiary/aromatic N) is 1. The molecule has 2 rings (SSSR count). The van der Waals surface area contributed by atoms with E-state index in [9.17, 15) is 22.7 Å². The standard InChI is InChI=1S/C12H14F4N2O/c13-7-1-2-8(14)11(19)9(7)10(12(15)16)18-5-3-17-4-6-18/h1-2,10,12,17,19H,3-6H2/t10-/m0/s1. The van der Waals surface area contributed by atoms with Gasteiger partial charge < -0.3 is 10.4 Å². The largest absolute Gasteiger partial charge is 0.505 e. The maximum Gasteiger partial charge on any atom is 0.258 e. The Balaban J connectivity index is 2.41. The number of halogens is 4. The number of piperazine rings is 1. The third kappa shape index (κ3) is 2.82. The van der Waals surface area contributed by atoms with Crippen molar-refractivity contribution in [3.8, 4) is 5.75 Å². The van der Waals surface area contributed by atoms with Crippen LogP contribution in [0.2, 0.25) is 0 Å². The van der Waals surface area contributed by atoms with Crippen LogP contribution >= 0.6 is 0 Å². The minimum atomic E-state index is -2.92. The number of rotatable bonds is 3. The highest BCUT2D eigenvalue weighted by atomic mass is 19.3. The number of benzene rings is 1. The molecule has 2 N–H and O–H groups in total. The molecule has 0 amide bonds. The fourth-order valence-electron chi connectivity index (χ4n) is 2.27. The molecule has 1 aromatic carbocycles. The molecular formula is C12H14F4N2O. The van der Waals surface area contributed by atoms with Gasteiger partial charge in [-0.15, -0.1) is 0 Å². The highest BCUT2D eigenvalue weighted by molar-refractivity contribution is 5.38. The highest BCUT2D eigenvalue weighted by Crippen LogP contribution is 2.36. The van der Waals surface area contributed by atoms with Gasteiger partial charge in [-0.25, -0.2) is 17.6 Å². The van der Waals surface area contributed by atoms with Crippen molar-refractivity contribution in [2.75, 3.05) is 26.2 Å². The summed E-state index contributed by atoms with van der Waals surface area (Å²) in [7, 11) is 0. The zero-order valence-corrected chi connectivity index (χ0v) is 10.0. The van der Waals surface area contributed by atoms with Crippen LogP contribution in [0.25, 0.3) is 0 Å². The molecule has 19 heavy (non-hydrogen) atoms. The van der Waals surface area contributed by atoms with E-state index in [2.05, 4.69) is 5.32 Å². The molecule has 0 radical (unpaired) electrons. The summed E-state index contributed by atoms with van der Waals surface area (Å²) in [5, 5.41) is 12.5. The second kappa shape index (κ2) is 5.75. The summed E-state index contributed by atoms with van der Waals surface area (Å²) < 4.78 is 53.3. The third-order valence-electron chi connectivity index (χ3n) is 3.19. The van der Waals surface area contributed by atoms with Crippen molar-refractivity contribution in [2.45, 2.75) is 12.5 Å². The van der Waals surface area contributed by atoms with E-state index in [0.29, 0.717) is 19.2 Å². The van der Waals surface area contributed by atoms with Gasteiger partial charge in [0.1, 0.15) is 11.9 Å². The van der Waals surface area contributed by atoms with Gasteiger partial charge >= 0.3 is 0 Å². The van der Waals surface area contributed by atoms with Crippen LogP contribution in [0, 0.1) is 11.6 Å². The fraction of sp³-hybridized carbons (Fsp3) is 0.500. The van der Waals surface area contributed by atoms with Gasteiger partial charge in [0.05, 0.1) is 5.56 Å². The average molecular weight is 278 g/mol. The summed E-state index contributed by atoms with van der Waals surface area (Å²) in [5.41, 5.74) is -0.670. The predicted molar refractivity (Wildman–Crippen MR) is 61.2 cm³/mol. The van der Waals surface area contributed by atoms with Gasteiger partial charge in [0.25, 0.3) is 6.43 Å². The Labute approximate surface area is 107 Å². The SMILES string of the molecule is Oc1c(F)ccc(F)c1[C@@H](C(F)F)N1CCNCC1. The Kier molecular flexibility index (Phi) is 4.26. The van der Waals surface area contributed by atoms with E-state index in [0.717, 1.165) is 6.07 Å². The van der Waals surface area contributed by atoms with Crippen molar-refractivity contribution in [2.24, 2.45) is 0 Å². The molecule has 1 aliphatic heterocycles. The molecule has 1 atom stereocenters. The summed E-state index contributed by atoms with van der Waals surface area (Å²) in [6.45, 7) is 1.54. The first-order chi connectivity index (χ1) is 9.02.